The first kappa shape index (κ1) is 21.9. The van der Waals surface area contributed by atoms with Gasteiger partial charge in [-0.2, -0.15) is 0 Å². The van der Waals surface area contributed by atoms with Crippen LogP contribution in [0.4, 0.5) is 0 Å². The average Bonchev–Trinajstić information content (AvgIpc) is 2.40. The fourth-order valence-electron chi connectivity index (χ4n) is 2.65. The monoisotopic (exact) mass is 314 g/mol. The summed E-state index contributed by atoms with van der Waals surface area (Å²) in [6.07, 6.45) is 12.6. The summed E-state index contributed by atoms with van der Waals surface area (Å²) in [5, 5.41) is 0. The van der Waals surface area contributed by atoms with E-state index < -0.39 is 5.96 Å². The minimum atomic E-state index is -2.01. The van der Waals surface area contributed by atoms with Gasteiger partial charge < -0.3 is 5.48 Å². The molecule has 0 unspecified atom stereocenters. The van der Waals surface area contributed by atoms with Crippen molar-refractivity contribution in [3.8, 4) is 0 Å². The zero-order valence-corrected chi connectivity index (χ0v) is 15.2. The molecule has 0 spiro atoms. The summed E-state index contributed by atoms with van der Waals surface area (Å²) in [4.78, 5) is 0. The molecule has 0 aromatic rings. The van der Waals surface area contributed by atoms with Gasteiger partial charge in [-0.15, -0.1) is 0 Å². The average molecular weight is 315 g/mol. The molecule has 4 heteroatoms. The summed E-state index contributed by atoms with van der Waals surface area (Å²) in [6.45, 7) is 7.66. The molecule has 0 saturated carbocycles. The van der Waals surface area contributed by atoms with Crippen LogP contribution in [0.15, 0.2) is 0 Å². The Morgan fingerprint density at radius 2 is 1.16 bits per heavy atom. The van der Waals surface area contributed by atoms with Crippen LogP contribution in [-0.2, 0) is 4.74 Å². The van der Waals surface area contributed by atoms with Crippen molar-refractivity contribution in [1.82, 2.24) is 0 Å². The molecule has 0 atom stereocenters. The molecular formula is C15H36ClO2P. The number of unbranched alkanes of at least 4 members (excludes halogenated alkanes) is 3. The number of hydrogen-bond donors (Lipinski definition) is 0. The van der Waals surface area contributed by atoms with Crippen LogP contribution in [0.2, 0.25) is 0 Å². The largest absolute Gasteiger partial charge is 0.412 e. The Hall–Kier alpha value is 0.640. The molecule has 0 heterocycles. The summed E-state index contributed by atoms with van der Waals surface area (Å²) in [6, 6.07) is 0. The molecule has 120 valence electrons. The van der Waals surface area contributed by atoms with Crippen molar-refractivity contribution in [2.45, 2.75) is 59.3 Å². The van der Waals surface area contributed by atoms with Gasteiger partial charge in [0.15, 0.2) is 0 Å². The van der Waals surface area contributed by atoms with Crippen LogP contribution in [0.1, 0.15) is 59.3 Å². The van der Waals surface area contributed by atoms with Gasteiger partial charge in [0.1, 0.15) is 0 Å². The predicted molar refractivity (Wildman–Crippen MR) is 92.5 cm³/mol. The van der Waals surface area contributed by atoms with Gasteiger partial charge >= 0.3 is 120 Å². The van der Waals surface area contributed by atoms with Crippen LogP contribution in [0.3, 0.4) is 0 Å². The van der Waals surface area contributed by atoms with Gasteiger partial charge in [0.05, 0.1) is 0 Å². The van der Waals surface area contributed by atoms with Crippen molar-refractivity contribution in [1.29, 1.82) is 0 Å². The third-order valence-corrected chi connectivity index (χ3v) is 11.7. The molecule has 0 aliphatic heterocycles. The number of methoxy groups -OCH3 is 1. The normalized spacial score (nSPS) is 13.6. The van der Waals surface area contributed by atoms with Gasteiger partial charge in [0.25, 0.3) is 0 Å². The van der Waals surface area contributed by atoms with Gasteiger partial charge in [-0.3, -0.25) is 0 Å². The zero-order chi connectivity index (χ0) is 13.9. The summed E-state index contributed by atoms with van der Waals surface area (Å²) >= 11 is 7.36. The van der Waals surface area contributed by atoms with Crippen LogP contribution in [0.25, 0.3) is 0 Å². The Labute approximate surface area is 125 Å². The van der Waals surface area contributed by atoms with Crippen LogP contribution >= 0.6 is 17.2 Å². The van der Waals surface area contributed by atoms with Crippen molar-refractivity contribution in [2.24, 2.45) is 0 Å². The minimum Gasteiger partial charge on any atom is -0.412 e. The molecule has 0 radical (unpaired) electrons. The molecule has 0 aromatic heterocycles. The van der Waals surface area contributed by atoms with Gasteiger partial charge in [-0.1, -0.05) is 0 Å². The molecule has 2 N–H and O–H groups in total. The Bertz CT molecular complexity index is 169. The predicted octanol–water partition coefficient (Wildman–Crippen LogP) is 4.92. The number of rotatable bonds is 12. The molecule has 0 saturated heterocycles. The van der Waals surface area contributed by atoms with E-state index in [9.17, 15) is 0 Å². The summed E-state index contributed by atoms with van der Waals surface area (Å²) in [5.41, 5.74) is 0. The molecule has 0 aliphatic carbocycles. The van der Waals surface area contributed by atoms with Crippen molar-refractivity contribution < 1.29 is 10.2 Å². The second-order valence-corrected chi connectivity index (χ2v) is 14.1. The van der Waals surface area contributed by atoms with Crippen molar-refractivity contribution in [3.05, 3.63) is 0 Å². The number of hydrogen-bond acceptors (Lipinski definition) is 1. The topological polar surface area (TPSA) is 40.7 Å². The standard InChI is InChI=1S/C15H34ClOP.H2O/c1-5-8-12-18(16,13-9-6-2,14-10-7-3)15-11-17-4;/h5-15H2,1-4H3;1H2. The summed E-state index contributed by atoms with van der Waals surface area (Å²) < 4.78 is 5.35. The second-order valence-electron chi connectivity index (χ2n) is 5.77. The molecule has 0 rings (SSSR count). The molecule has 0 fully saturated rings. The van der Waals surface area contributed by atoms with Gasteiger partial charge in [0, 0.05) is 0 Å². The molecule has 2 nitrogen and oxygen atoms in total. The van der Waals surface area contributed by atoms with E-state index in [2.05, 4.69) is 20.8 Å². The first-order valence-electron chi connectivity index (χ1n) is 7.75. The van der Waals surface area contributed by atoms with E-state index in [1.807, 2.05) is 0 Å². The summed E-state index contributed by atoms with van der Waals surface area (Å²) in [7, 11) is 1.80. The smallest absolute Gasteiger partial charge is 0.412 e. The van der Waals surface area contributed by atoms with Crippen molar-refractivity contribution in [3.63, 3.8) is 0 Å². The molecular weight excluding hydrogens is 279 g/mol. The fourth-order valence-corrected chi connectivity index (χ4v) is 9.23. The Morgan fingerprint density at radius 3 is 1.42 bits per heavy atom. The van der Waals surface area contributed by atoms with Crippen molar-refractivity contribution in [2.75, 3.05) is 38.4 Å². The van der Waals surface area contributed by atoms with E-state index >= 15 is 0 Å². The molecule has 0 aliphatic rings. The maximum atomic E-state index is 7.36. The first-order valence-corrected chi connectivity index (χ1v) is 11.6. The first-order chi connectivity index (χ1) is 8.54. The number of ether oxygens (including phenoxy) is 1. The van der Waals surface area contributed by atoms with Crippen molar-refractivity contribution >= 4 is 17.2 Å². The minimum absolute atomic E-state index is 0. The SMILES string of the molecule is CCCCP(Cl)(CCCC)(CCCC)CCOC.O. The van der Waals surface area contributed by atoms with Crippen LogP contribution in [0, 0.1) is 0 Å². The van der Waals surface area contributed by atoms with Crippen LogP contribution < -0.4 is 0 Å². The molecule has 0 amide bonds. The molecule has 0 aromatic carbocycles. The second kappa shape index (κ2) is 11.3. The van der Waals surface area contributed by atoms with Crippen LogP contribution in [0.5, 0.6) is 0 Å². The quantitative estimate of drug-likeness (QED) is 0.471. The summed E-state index contributed by atoms with van der Waals surface area (Å²) in [5.74, 6) is -2.01. The van der Waals surface area contributed by atoms with E-state index in [0.717, 1.165) is 12.8 Å². The van der Waals surface area contributed by atoms with E-state index in [1.165, 1.54) is 57.0 Å². The van der Waals surface area contributed by atoms with E-state index in [-0.39, 0.29) is 5.48 Å². The fraction of sp³-hybridized carbons (Fsp3) is 1.00. The van der Waals surface area contributed by atoms with Gasteiger partial charge in [-0.05, 0) is 0 Å². The molecule has 19 heavy (non-hydrogen) atoms. The Morgan fingerprint density at radius 1 is 0.789 bits per heavy atom. The third kappa shape index (κ3) is 8.50. The maximum Gasteiger partial charge on any atom is -0.412 e. The zero-order valence-electron chi connectivity index (χ0n) is 13.5. The maximum absolute atomic E-state index is 7.36. The van der Waals surface area contributed by atoms with E-state index in [0.29, 0.717) is 0 Å². The Balaban J connectivity index is 0. The van der Waals surface area contributed by atoms with Gasteiger partial charge in [0.2, 0.25) is 0 Å². The number of halogens is 1. The molecule has 0 bridgehead atoms. The van der Waals surface area contributed by atoms with Crippen LogP contribution in [-0.4, -0.2) is 43.8 Å². The van der Waals surface area contributed by atoms with E-state index in [1.54, 1.807) is 7.11 Å². The Kier molecular flexibility index (Phi) is 13.1. The van der Waals surface area contributed by atoms with E-state index in [4.69, 9.17) is 16.0 Å². The van der Waals surface area contributed by atoms with Gasteiger partial charge in [-0.25, -0.2) is 0 Å². The third-order valence-electron chi connectivity index (χ3n) is 4.07.